The number of urea groups is 1. The van der Waals surface area contributed by atoms with Gasteiger partial charge in [-0.15, -0.1) is 0 Å². The predicted molar refractivity (Wildman–Crippen MR) is 48.9 cm³/mol. The van der Waals surface area contributed by atoms with E-state index in [2.05, 4.69) is 10.6 Å². The van der Waals surface area contributed by atoms with Crippen molar-refractivity contribution >= 4 is 29.9 Å². The molecule has 1 heterocycles. The van der Waals surface area contributed by atoms with Crippen LogP contribution < -0.4 is 80.0 Å². The third-order valence-electron chi connectivity index (χ3n) is 1.47. The van der Waals surface area contributed by atoms with Crippen LogP contribution in [0.3, 0.4) is 0 Å². The molecule has 10 heteroatoms. The SMILES string of the molecule is CSCCC1NC(=O)NC1=O.O=C([O-])[O-].[Na+].[Na+]. The van der Waals surface area contributed by atoms with Crippen molar-refractivity contribution in [2.75, 3.05) is 12.0 Å². The molecular formula is C7H10N2Na2O5S. The average Bonchev–Trinajstić information content (AvgIpc) is 2.40. The van der Waals surface area contributed by atoms with Gasteiger partial charge in [-0.1, -0.05) is 0 Å². The smallest absolute Gasteiger partial charge is 0.652 e. The van der Waals surface area contributed by atoms with Gasteiger partial charge >= 0.3 is 65.1 Å². The van der Waals surface area contributed by atoms with Crippen LogP contribution in [0.4, 0.5) is 9.59 Å². The average molecular weight is 280 g/mol. The molecule has 0 aromatic heterocycles. The quantitative estimate of drug-likeness (QED) is 0.391. The molecule has 0 bridgehead atoms. The largest absolute Gasteiger partial charge is 1.00 e. The van der Waals surface area contributed by atoms with Gasteiger partial charge in [-0.2, -0.15) is 11.8 Å². The summed E-state index contributed by atoms with van der Waals surface area (Å²) in [7, 11) is 0. The van der Waals surface area contributed by atoms with Crippen LogP contribution in [0.5, 0.6) is 0 Å². The van der Waals surface area contributed by atoms with E-state index in [0.717, 1.165) is 5.75 Å². The molecule has 1 fully saturated rings. The van der Waals surface area contributed by atoms with Crippen molar-refractivity contribution in [1.82, 2.24) is 10.6 Å². The Bertz CT molecular complexity index is 263. The summed E-state index contributed by atoms with van der Waals surface area (Å²) in [6.07, 6.45) is 0.341. The fraction of sp³-hybridized carbons (Fsp3) is 0.571. The second-order valence-corrected chi connectivity index (χ2v) is 3.53. The van der Waals surface area contributed by atoms with E-state index < -0.39 is 6.16 Å². The van der Waals surface area contributed by atoms with E-state index in [9.17, 15) is 9.59 Å². The van der Waals surface area contributed by atoms with Crippen LogP contribution in [0.1, 0.15) is 6.42 Å². The predicted octanol–water partition coefficient (Wildman–Crippen LogP) is -8.49. The zero-order valence-corrected chi connectivity index (χ0v) is 14.8. The topological polar surface area (TPSA) is 121 Å². The Balaban J connectivity index is -0.000000289. The van der Waals surface area contributed by atoms with Gasteiger partial charge in [0.2, 0.25) is 0 Å². The number of carbonyl (C=O) groups excluding carboxylic acids is 3. The Morgan fingerprint density at radius 3 is 2.12 bits per heavy atom. The zero-order valence-electron chi connectivity index (χ0n) is 9.94. The Morgan fingerprint density at radius 1 is 1.35 bits per heavy atom. The summed E-state index contributed by atoms with van der Waals surface area (Å²) in [5.74, 6) is 0.683. The monoisotopic (exact) mass is 280 g/mol. The van der Waals surface area contributed by atoms with Crippen molar-refractivity contribution in [2.24, 2.45) is 0 Å². The maximum Gasteiger partial charge on any atom is 1.00 e. The van der Waals surface area contributed by atoms with Crippen LogP contribution in [0.25, 0.3) is 0 Å². The standard InChI is InChI=1S/C6H10N2O2S.CH2O3.2Na/c1-11-3-2-4-5(9)8-6(10)7-4;2-1(3)4;;/h4H,2-3H2,1H3,(H2,7,8,9,10);(H2,2,3,4);;/q;;2*+1/p-2. The summed E-state index contributed by atoms with van der Waals surface area (Å²) in [5.41, 5.74) is 0. The number of rotatable bonds is 3. The minimum atomic E-state index is -2.33. The molecule has 1 atom stereocenters. The van der Waals surface area contributed by atoms with Crippen molar-refractivity contribution in [3.63, 3.8) is 0 Å². The van der Waals surface area contributed by atoms with Crippen molar-refractivity contribution in [1.29, 1.82) is 0 Å². The van der Waals surface area contributed by atoms with Crippen LogP contribution in [0.15, 0.2) is 0 Å². The molecule has 0 saturated carbocycles. The third kappa shape index (κ3) is 12.8. The summed E-state index contributed by atoms with van der Waals surface area (Å²) in [6.45, 7) is 0. The molecule has 0 radical (unpaired) electrons. The number of carboxylic acid groups (broad SMARTS) is 2. The van der Waals surface area contributed by atoms with Gasteiger partial charge in [0, 0.05) is 0 Å². The van der Waals surface area contributed by atoms with Crippen LogP contribution in [0.2, 0.25) is 0 Å². The van der Waals surface area contributed by atoms with E-state index in [1.807, 2.05) is 6.26 Å². The normalized spacial score (nSPS) is 16.4. The van der Waals surface area contributed by atoms with Gasteiger partial charge in [-0.3, -0.25) is 10.1 Å². The van der Waals surface area contributed by atoms with Crippen molar-refractivity contribution in [3.8, 4) is 0 Å². The van der Waals surface area contributed by atoms with Crippen molar-refractivity contribution in [3.05, 3.63) is 0 Å². The second-order valence-electron chi connectivity index (χ2n) is 2.55. The zero-order chi connectivity index (χ0) is 11.8. The van der Waals surface area contributed by atoms with Gasteiger partial charge in [0.25, 0.3) is 5.91 Å². The van der Waals surface area contributed by atoms with Crippen LogP contribution >= 0.6 is 11.8 Å². The summed E-state index contributed by atoms with van der Waals surface area (Å²) < 4.78 is 0. The van der Waals surface area contributed by atoms with Gasteiger partial charge in [0.1, 0.15) is 6.04 Å². The van der Waals surface area contributed by atoms with Gasteiger partial charge in [-0.05, 0) is 24.6 Å². The van der Waals surface area contributed by atoms with Gasteiger partial charge < -0.3 is 20.3 Å². The van der Waals surface area contributed by atoms with E-state index in [-0.39, 0.29) is 77.1 Å². The first-order chi connectivity index (χ1) is 6.97. The van der Waals surface area contributed by atoms with Gasteiger partial charge in [-0.25, -0.2) is 4.79 Å². The number of carbonyl (C=O) groups is 3. The summed E-state index contributed by atoms with van der Waals surface area (Å²) in [4.78, 5) is 29.8. The maximum absolute atomic E-state index is 10.9. The number of hydrogen-bond donors (Lipinski definition) is 2. The minimum Gasteiger partial charge on any atom is -0.652 e. The molecule has 0 spiro atoms. The number of hydrogen-bond acceptors (Lipinski definition) is 6. The molecule has 2 N–H and O–H groups in total. The molecule has 17 heavy (non-hydrogen) atoms. The first-order valence-electron chi connectivity index (χ1n) is 3.95. The Hall–Kier alpha value is 0.560. The first-order valence-corrected chi connectivity index (χ1v) is 5.35. The molecule has 0 aliphatic carbocycles. The molecule has 1 aliphatic heterocycles. The summed E-state index contributed by atoms with van der Waals surface area (Å²) >= 11 is 1.66. The Morgan fingerprint density at radius 2 is 1.82 bits per heavy atom. The molecule has 1 rings (SSSR count). The van der Waals surface area contributed by atoms with E-state index >= 15 is 0 Å². The third-order valence-corrected chi connectivity index (χ3v) is 2.11. The first kappa shape index (κ1) is 22.7. The number of thioether (sulfide) groups is 1. The van der Waals surface area contributed by atoms with Gasteiger partial charge in [0.15, 0.2) is 0 Å². The fourth-order valence-corrected chi connectivity index (χ4v) is 1.37. The molecule has 0 aromatic rings. The molecule has 1 aliphatic rings. The minimum absolute atomic E-state index is 0. The van der Waals surface area contributed by atoms with Crippen molar-refractivity contribution < 1.29 is 83.7 Å². The number of imide groups is 1. The van der Waals surface area contributed by atoms with Crippen LogP contribution in [0, 0.1) is 0 Å². The molecule has 86 valence electrons. The Kier molecular flexibility index (Phi) is 17.4. The number of amides is 3. The van der Waals surface area contributed by atoms with Crippen LogP contribution in [-0.2, 0) is 4.79 Å². The molecule has 3 amide bonds. The van der Waals surface area contributed by atoms with E-state index in [1.165, 1.54) is 0 Å². The van der Waals surface area contributed by atoms with Gasteiger partial charge in [0.05, 0.1) is 0 Å². The van der Waals surface area contributed by atoms with Crippen molar-refractivity contribution in [2.45, 2.75) is 12.5 Å². The van der Waals surface area contributed by atoms with E-state index in [0.29, 0.717) is 6.42 Å². The second kappa shape index (κ2) is 13.0. The van der Waals surface area contributed by atoms with E-state index in [1.54, 1.807) is 11.8 Å². The molecular weight excluding hydrogens is 270 g/mol. The molecule has 1 saturated heterocycles. The number of nitrogens with one attached hydrogen (secondary N) is 2. The van der Waals surface area contributed by atoms with Crippen LogP contribution in [-0.4, -0.2) is 36.1 Å². The summed E-state index contributed by atoms with van der Waals surface area (Å²) in [6, 6.07) is -0.684. The summed E-state index contributed by atoms with van der Waals surface area (Å²) in [5, 5.41) is 21.4. The molecule has 1 unspecified atom stereocenters. The molecule has 0 aromatic carbocycles. The Labute approximate surface area is 147 Å². The fourth-order valence-electron chi connectivity index (χ4n) is 0.898. The van der Waals surface area contributed by atoms with E-state index in [4.69, 9.17) is 15.0 Å². The maximum atomic E-state index is 10.9. The molecule has 7 nitrogen and oxygen atoms in total.